The fourth-order valence-electron chi connectivity index (χ4n) is 0.780. The number of hydrogen-bond acceptors (Lipinski definition) is 2. The Hall–Kier alpha value is -1.13. The van der Waals surface area contributed by atoms with Crippen molar-refractivity contribution in [2.45, 2.75) is 26.4 Å². The minimum absolute atomic E-state index is 0.441. The molecule has 1 amide bonds. The summed E-state index contributed by atoms with van der Waals surface area (Å²) in [5, 5.41) is 10.7. The molecule has 2 N–H and O–H groups in total. The molecule has 0 spiro atoms. The first kappa shape index (κ1) is 11.9. The molecule has 0 fully saturated rings. The van der Waals surface area contributed by atoms with Crippen LogP contribution >= 0.6 is 0 Å². The Bertz CT molecular complexity index is 217. The van der Waals surface area contributed by atoms with Crippen LogP contribution in [0.1, 0.15) is 20.8 Å². The number of aliphatic carboxylic acids is 1. The summed E-state index contributed by atoms with van der Waals surface area (Å²) in [6, 6.07) is 0. The van der Waals surface area contributed by atoms with Gasteiger partial charge >= 0.3 is 5.97 Å². The van der Waals surface area contributed by atoms with Crippen LogP contribution in [-0.2, 0) is 9.59 Å². The summed E-state index contributed by atoms with van der Waals surface area (Å²) in [5.41, 5.74) is -2.38. The molecule has 1 unspecified atom stereocenters. The van der Waals surface area contributed by atoms with Crippen LogP contribution in [0.5, 0.6) is 0 Å². The van der Waals surface area contributed by atoms with E-state index in [1.165, 1.54) is 20.8 Å². The Kier molecular flexibility index (Phi) is 3.84. The third-order valence-electron chi connectivity index (χ3n) is 1.87. The highest BCUT2D eigenvalue weighted by atomic mass is 19.1. The summed E-state index contributed by atoms with van der Waals surface area (Å²) in [4.78, 5) is 21.0. The molecular formula is C8H14FNO3. The van der Waals surface area contributed by atoms with Crippen molar-refractivity contribution in [1.29, 1.82) is 0 Å². The lowest BCUT2D eigenvalue weighted by molar-refractivity contribution is -0.154. The van der Waals surface area contributed by atoms with Crippen LogP contribution in [-0.4, -0.2) is 29.2 Å². The number of nitrogens with one attached hydrogen (secondary N) is 1. The fraction of sp³-hybridized carbons (Fsp3) is 0.750. The topological polar surface area (TPSA) is 66.4 Å². The molecule has 1 atom stereocenters. The predicted molar refractivity (Wildman–Crippen MR) is 45.0 cm³/mol. The molecule has 0 aliphatic rings. The zero-order valence-electron chi connectivity index (χ0n) is 7.93. The molecule has 0 saturated heterocycles. The van der Waals surface area contributed by atoms with Crippen LogP contribution in [0.15, 0.2) is 0 Å². The van der Waals surface area contributed by atoms with Crippen LogP contribution in [0.3, 0.4) is 0 Å². The Balaban J connectivity index is 4.43. The van der Waals surface area contributed by atoms with Crippen LogP contribution in [0.2, 0.25) is 0 Å². The van der Waals surface area contributed by atoms with Crippen LogP contribution < -0.4 is 5.32 Å². The molecule has 0 radical (unpaired) electrons. The van der Waals surface area contributed by atoms with Crippen LogP contribution in [0.25, 0.3) is 0 Å². The van der Waals surface area contributed by atoms with Crippen molar-refractivity contribution in [3.05, 3.63) is 0 Å². The van der Waals surface area contributed by atoms with E-state index in [1.54, 1.807) is 0 Å². The lowest BCUT2D eigenvalue weighted by Gasteiger charge is -2.24. The summed E-state index contributed by atoms with van der Waals surface area (Å²) in [6.45, 7) is 3.63. The quantitative estimate of drug-likeness (QED) is 0.682. The predicted octanol–water partition coefficient (Wildman–Crippen LogP) is 0.571. The molecule has 0 aromatic rings. The Morgan fingerprint density at radius 2 is 2.00 bits per heavy atom. The maximum absolute atomic E-state index is 13.6. The zero-order chi connectivity index (χ0) is 10.6. The fourth-order valence-corrected chi connectivity index (χ4v) is 0.780. The van der Waals surface area contributed by atoms with Crippen molar-refractivity contribution >= 4 is 11.9 Å². The number of carboxylic acid groups (broad SMARTS) is 1. The first-order chi connectivity index (χ1) is 5.80. The van der Waals surface area contributed by atoms with Gasteiger partial charge in [-0.2, -0.15) is 0 Å². The summed E-state index contributed by atoms with van der Waals surface area (Å²) in [6.07, 6.45) is 0. The number of carboxylic acids is 1. The van der Waals surface area contributed by atoms with Crippen molar-refractivity contribution in [1.82, 2.24) is 5.32 Å². The molecule has 0 aliphatic carbocycles. The van der Waals surface area contributed by atoms with Gasteiger partial charge in [0.2, 0.25) is 11.6 Å². The Labute approximate surface area is 76.1 Å². The average molecular weight is 191 g/mol. The minimum atomic E-state index is -2.38. The van der Waals surface area contributed by atoms with Gasteiger partial charge in [-0.15, -0.1) is 0 Å². The van der Waals surface area contributed by atoms with E-state index >= 15 is 0 Å². The van der Waals surface area contributed by atoms with E-state index in [0.29, 0.717) is 0 Å². The van der Waals surface area contributed by atoms with Gasteiger partial charge in [0.15, 0.2) is 0 Å². The highest BCUT2D eigenvalue weighted by Gasteiger charge is 2.42. The van der Waals surface area contributed by atoms with E-state index in [0.717, 1.165) is 0 Å². The monoisotopic (exact) mass is 191 g/mol. The average Bonchev–Trinajstić information content (AvgIpc) is 1.99. The molecule has 0 bridgehead atoms. The highest BCUT2D eigenvalue weighted by Crippen LogP contribution is 2.21. The Morgan fingerprint density at radius 1 is 1.54 bits per heavy atom. The van der Waals surface area contributed by atoms with Gasteiger partial charge in [-0.3, -0.25) is 4.79 Å². The number of amides is 1. The van der Waals surface area contributed by atoms with Gasteiger partial charge in [-0.05, 0) is 0 Å². The van der Waals surface area contributed by atoms with E-state index in [9.17, 15) is 14.0 Å². The third-order valence-corrected chi connectivity index (χ3v) is 1.87. The molecule has 0 saturated carbocycles. The van der Waals surface area contributed by atoms with E-state index in [4.69, 9.17) is 5.11 Å². The molecule has 0 rings (SSSR count). The van der Waals surface area contributed by atoms with Crippen molar-refractivity contribution in [3.8, 4) is 0 Å². The van der Waals surface area contributed by atoms with Gasteiger partial charge in [-0.25, -0.2) is 9.18 Å². The molecular weight excluding hydrogens is 177 g/mol. The maximum atomic E-state index is 13.6. The smallest absolute Gasteiger partial charge is 0.343 e. The van der Waals surface area contributed by atoms with Gasteiger partial charge < -0.3 is 10.4 Å². The van der Waals surface area contributed by atoms with Crippen LogP contribution in [0.4, 0.5) is 4.39 Å². The number of halogens is 1. The Morgan fingerprint density at radius 3 is 2.23 bits per heavy atom. The molecule has 0 heterocycles. The normalized spacial score (nSPS) is 15.2. The molecule has 76 valence electrons. The third kappa shape index (κ3) is 3.01. The van der Waals surface area contributed by atoms with Gasteiger partial charge in [0.05, 0.1) is 6.54 Å². The van der Waals surface area contributed by atoms with Crippen molar-refractivity contribution < 1.29 is 19.1 Å². The highest BCUT2D eigenvalue weighted by molar-refractivity contribution is 5.80. The molecule has 13 heavy (non-hydrogen) atoms. The number of carbonyl (C=O) groups is 2. The summed E-state index contributed by atoms with van der Waals surface area (Å²) >= 11 is 0. The summed E-state index contributed by atoms with van der Waals surface area (Å²) in [5.74, 6) is -2.67. The van der Waals surface area contributed by atoms with Gasteiger partial charge in [0, 0.05) is 12.8 Å². The van der Waals surface area contributed by atoms with Crippen molar-refractivity contribution in [3.63, 3.8) is 0 Å². The second kappa shape index (κ2) is 4.20. The van der Waals surface area contributed by atoms with Gasteiger partial charge in [0.1, 0.15) is 0 Å². The first-order valence-corrected chi connectivity index (χ1v) is 3.97. The van der Waals surface area contributed by atoms with E-state index in [2.05, 4.69) is 5.32 Å². The summed E-state index contributed by atoms with van der Waals surface area (Å²) < 4.78 is 13.6. The number of hydrogen-bond donors (Lipinski definition) is 2. The second-order valence-electron chi connectivity index (χ2n) is 3.23. The number of rotatable bonds is 4. The standard InChI is InChI=1S/C8H14FNO3/c1-5(2)8(9,7(12)13)4-10-6(3)11/h5H,4H2,1-3H3,(H,10,11)(H,12,13). The minimum Gasteiger partial charge on any atom is -0.479 e. The SMILES string of the molecule is CC(=O)NCC(F)(C(=O)O)C(C)C. The number of carbonyl (C=O) groups excluding carboxylic acids is 1. The summed E-state index contributed by atoms with van der Waals surface area (Å²) in [7, 11) is 0. The van der Waals surface area contributed by atoms with E-state index < -0.39 is 30.0 Å². The van der Waals surface area contributed by atoms with Gasteiger partial charge in [-0.1, -0.05) is 13.8 Å². The molecule has 0 aliphatic heterocycles. The first-order valence-electron chi connectivity index (χ1n) is 3.97. The van der Waals surface area contributed by atoms with Crippen molar-refractivity contribution in [2.75, 3.05) is 6.54 Å². The number of alkyl halides is 1. The lowest BCUT2D eigenvalue weighted by atomic mass is 9.92. The lowest BCUT2D eigenvalue weighted by Crippen LogP contribution is -2.48. The van der Waals surface area contributed by atoms with E-state index in [-0.39, 0.29) is 0 Å². The van der Waals surface area contributed by atoms with Crippen molar-refractivity contribution in [2.24, 2.45) is 5.92 Å². The molecule has 5 heteroatoms. The molecule has 0 aromatic carbocycles. The zero-order valence-corrected chi connectivity index (χ0v) is 7.93. The molecule has 0 aromatic heterocycles. The maximum Gasteiger partial charge on any atom is 0.343 e. The van der Waals surface area contributed by atoms with Crippen LogP contribution in [0, 0.1) is 5.92 Å². The van der Waals surface area contributed by atoms with Gasteiger partial charge in [0.25, 0.3) is 0 Å². The van der Waals surface area contributed by atoms with E-state index in [1.807, 2.05) is 0 Å². The second-order valence-corrected chi connectivity index (χ2v) is 3.23. The molecule has 4 nitrogen and oxygen atoms in total. The largest absolute Gasteiger partial charge is 0.479 e.